The third-order valence-electron chi connectivity index (χ3n) is 6.31. The maximum atomic E-state index is 12.4. The number of benzene rings is 2. The van der Waals surface area contributed by atoms with Gasteiger partial charge in [-0.25, -0.2) is 0 Å². The lowest BCUT2D eigenvalue weighted by Crippen LogP contribution is -2.62. The van der Waals surface area contributed by atoms with E-state index in [1.165, 1.54) is 6.08 Å². The molecule has 0 radical (unpaired) electrons. The molecule has 0 spiro atoms. The number of carbonyl (C=O) groups excluding carboxylic acids is 1. The Morgan fingerprint density at radius 3 is 2.40 bits per heavy atom. The number of carbonyl (C=O) groups is 1. The van der Waals surface area contributed by atoms with E-state index in [0.717, 1.165) is 18.4 Å². The van der Waals surface area contributed by atoms with Crippen molar-refractivity contribution in [1.82, 2.24) is 4.90 Å². The van der Waals surface area contributed by atoms with Gasteiger partial charge in [0.25, 0.3) is 0 Å². The number of hydrogen-bond acceptors (Lipinski definition) is 5. The molecule has 1 fully saturated rings. The quantitative estimate of drug-likeness (QED) is 0.414. The molecule has 1 saturated heterocycles. The lowest BCUT2D eigenvalue weighted by Gasteiger charge is -2.54. The van der Waals surface area contributed by atoms with Crippen LogP contribution in [0.1, 0.15) is 46.1 Å². The van der Waals surface area contributed by atoms with Crippen LogP contribution in [-0.4, -0.2) is 53.4 Å². The maximum Gasteiger partial charge on any atom is 0.248 e. The maximum absolute atomic E-state index is 12.4. The van der Waals surface area contributed by atoms with E-state index in [9.17, 15) is 9.90 Å². The van der Waals surface area contributed by atoms with E-state index in [1.54, 1.807) is 49.6 Å². The normalized spacial score (nSPS) is 17.9. The molecule has 1 heterocycles. The van der Waals surface area contributed by atoms with Crippen LogP contribution in [-0.2, 0) is 4.79 Å². The highest BCUT2D eigenvalue weighted by molar-refractivity contribution is 6.42. The molecule has 0 bridgehead atoms. The van der Waals surface area contributed by atoms with Crippen LogP contribution in [0.5, 0.6) is 11.5 Å². The van der Waals surface area contributed by atoms with Crippen molar-refractivity contribution >= 4 is 40.9 Å². The third-order valence-corrected chi connectivity index (χ3v) is 7.05. The summed E-state index contributed by atoms with van der Waals surface area (Å²) >= 11 is 12.0. The molecule has 1 aliphatic heterocycles. The molecule has 2 N–H and O–H groups in total. The van der Waals surface area contributed by atoms with Gasteiger partial charge in [0, 0.05) is 35.5 Å². The lowest BCUT2D eigenvalue weighted by molar-refractivity contribution is -0.111. The van der Waals surface area contributed by atoms with Crippen molar-refractivity contribution < 1.29 is 19.4 Å². The average molecular weight is 521 g/mol. The van der Waals surface area contributed by atoms with Crippen molar-refractivity contribution in [3.8, 4) is 11.5 Å². The molecular formula is C27H34Cl2N2O4. The molecule has 3 rings (SSSR count). The van der Waals surface area contributed by atoms with Gasteiger partial charge in [0.05, 0.1) is 23.3 Å². The largest absolute Gasteiger partial charge is 0.493 e. The van der Waals surface area contributed by atoms with Crippen molar-refractivity contribution in [2.45, 2.75) is 57.7 Å². The smallest absolute Gasteiger partial charge is 0.248 e. The number of anilines is 1. The monoisotopic (exact) mass is 520 g/mol. The van der Waals surface area contributed by atoms with Crippen molar-refractivity contribution in [3.63, 3.8) is 0 Å². The summed E-state index contributed by atoms with van der Waals surface area (Å²) in [6.07, 6.45) is 4.23. The summed E-state index contributed by atoms with van der Waals surface area (Å²) < 4.78 is 11.5. The first-order valence-corrected chi connectivity index (χ1v) is 12.4. The number of hydrogen-bond donors (Lipinski definition) is 2. The van der Waals surface area contributed by atoms with Crippen molar-refractivity contribution in [3.05, 3.63) is 58.1 Å². The van der Waals surface area contributed by atoms with E-state index in [1.807, 2.05) is 0 Å². The molecule has 1 amide bonds. The first-order valence-electron chi connectivity index (χ1n) is 11.6. The minimum Gasteiger partial charge on any atom is -0.493 e. The molecule has 35 heavy (non-hydrogen) atoms. The highest BCUT2D eigenvalue weighted by atomic mass is 35.5. The highest BCUT2D eigenvalue weighted by Crippen LogP contribution is 2.38. The fraction of sp³-hybridized carbons (Fsp3) is 0.444. The molecule has 2 aromatic carbocycles. The summed E-state index contributed by atoms with van der Waals surface area (Å²) in [4.78, 5) is 14.8. The molecule has 0 saturated carbocycles. The molecule has 2 aromatic rings. The molecule has 1 aliphatic rings. The van der Waals surface area contributed by atoms with Gasteiger partial charge in [-0.3, -0.25) is 9.69 Å². The zero-order chi connectivity index (χ0) is 25.8. The minimum atomic E-state index is -0.303. The van der Waals surface area contributed by atoms with Crippen molar-refractivity contribution in [2.24, 2.45) is 0 Å². The molecule has 8 heteroatoms. The minimum absolute atomic E-state index is 0.148. The van der Waals surface area contributed by atoms with Crippen LogP contribution in [0.25, 0.3) is 6.08 Å². The van der Waals surface area contributed by atoms with Gasteiger partial charge in [0.15, 0.2) is 11.5 Å². The standard InChI is InChI=1S/C27H34Cl2N2O4/c1-26(2)16-20(32)17-27(3,4)31(26)12-13-35-24-15-19(8-10-23(24)34-5)30-25(33)11-7-18-6-9-21(28)22(29)14-18/h6-11,14-15,20,32H,12-13,16-17H2,1-5H3,(H,30,33)/b11-7+. The molecule has 0 atom stereocenters. The Morgan fingerprint density at radius 2 is 1.77 bits per heavy atom. The van der Waals surface area contributed by atoms with Gasteiger partial charge in [-0.1, -0.05) is 29.3 Å². The third kappa shape index (κ3) is 7.14. The zero-order valence-electron chi connectivity index (χ0n) is 20.9. The SMILES string of the molecule is COc1ccc(NC(=O)/C=C/c2ccc(Cl)c(Cl)c2)cc1OCCN1C(C)(C)CC(O)CC1(C)C. The number of piperidine rings is 1. The fourth-order valence-electron chi connectivity index (χ4n) is 4.96. The van der Waals surface area contributed by atoms with E-state index in [2.05, 4.69) is 37.9 Å². The summed E-state index contributed by atoms with van der Waals surface area (Å²) in [6.45, 7) is 9.74. The number of nitrogens with one attached hydrogen (secondary N) is 1. The number of aliphatic hydroxyl groups excluding tert-OH is 1. The van der Waals surface area contributed by atoms with Crippen LogP contribution < -0.4 is 14.8 Å². The Balaban J connectivity index is 1.64. The lowest BCUT2D eigenvalue weighted by atomic mass is 9.78. The van der Waals surface area contributed by atoms with E-state index in [0.29, 0.717) is 40.4 Å². The van der Waals surface area contributed by atoms with Gasteiger partial charge < -0.3 is 19.9 Å². The van der Waals surface area contributed by atoms with Crippen molar-refractivity contribution in [2.75, 3.05) is 25.6 Å². The number of aliphatic hydroxyl groups is 1. The van der Waals surface area contributed by atoms with Gasteiger partial charge in [-0.15, -0.1) is 0 Å². The Morgan fingerprint density at radius 1 is 1.09 bits per heavy atom. The Kier molecular flexibility index (Phi) is 8.76. The number of ether oxygens (including phenoxy) is 2. The number of rotatable bonds is 8. The van der Waals surface area contributed by atoms with Crippen LogP contribution in [0.3, 0.4) is 0 Å². The highest BCUT2D eigenvalue weighted by Gasteiger charge is 2.44. The van der Waals surface area contributed by atoms with Crippen LogP contribution >= 0.6 is 23.2 Å². The first kappa shape index (κ1) is 27.3. The van der Waals surface area contributed by atoms with E-state index in [4.69, 9.17) is 32.7 Å². The van der Waals surface area contributed by atoms with Gasteiger partial charge in [0.1, 0.15) is 6.61 Å². The summed E-state index contributed by atoms with van der Waals surface area (Å²) in [6, 6.07) is 10.4. The summed E-state index contributed by atoms with van der Waals surface area (Å²) in [5, 5.41) is 14.0. The first-order chi connectivity index (χ1) is 16.4. The molecule has 0 aromatic heterocycles. The van der Waals surface area contributed by atoms with Gasteiger partial charge >= 0.3 is 0 Å². The average Bonchev–Trinajstić information content (AvgIpc) is 2.75. The second-order valence-electron chi connectivity index (χ2n) is 10.0. The Labute approximate surface area is 217 Å². The number of amides is 1. The zero-order valence-corrected chi connectivity index (χ0v) is 22.4. The van der Waals surface area contributed by atoms with Crippen LogP contribution in [0.2, 0.25) is 10.0 Å². The summed E-state index contributed by atoms with van der Waals surface area (Å²) in [7, 11) is 1.58. The predicted octanol–water partition coefficient (Wildman–Crippen LogP) is 6.05. The molecule has 0 unspecified atom stereocenters. The van der Waals surface area contributed by atoms with E-state index < -0.39 is 0 Å². The second-order valence-corrected chi connectivity index (χ2v) is 10.9. The summed E-state index contributed by atoms with van der Waals surface area (Å²) in [5.41, 5.74) is 1.06. The van der Waals surface area contributed by atoms with Gasteiger partial charge in [0.2, 0.25) is 5.91 Å². The molecule has 6 nitrogen and oxygen atoms in total. The van der Waals surface area contributed by atoms with E-state index >= 15 is 0 Å². The predicted molar refractivity (Wildman–Crippen MR) is 143 cm³/mol. The Hall–Kier alpha value is -2.25. The van der Waals surface area contributed by atoms with Crippen molar-refractivity contribution in [1.29, 1.82) is 0 Å². The molecule has 0 aliphatic carbocycles. The number of likely N-dealkylation sites (tertiary alicyclic amines) is 1. The number of methoxy groups -OCH3 is 1. The number of halogens is 2. The molecule has 190 valence electrons. The van der Waals surface area contributed by atoms with Crippen LogP contribution in [0.15, 0.2) is 42.5 Å². The van der Waals surface area contributed by atoms with Crippen LogP contribution in [0.4, 0.5) is 5.69 Å². The topological polar surface area (TPSA) is 71.0 Å². The van der Waals surface area contributed by atoms with E-state index in [-0.39, 0.29) is 23.1 Å². The number of nitrogens with zero attached hydrogens (tertiary/aromatic N) is 1. The van der Waals surface area contributed by atoms with Gasteiger partial charge in [-0.2, -0.15) is 0 Å². The Bertz CT molecular complexity index is 1070. The van der Waals surface area contributed by atoms with Crippen LogP contribution in [0, 0.1) is 0 Å². The summed E-state index contributed by atoms with van der Waals surface area (Å²) in [5.74, 6) is 0.843. The molecular weight excluding hydrogens is 487 g/mol. The van der Waals surface area contributed by atoms with Gasteiger partial charge in [-0.05, 0) is 76.4 Å². The second kappa shape index (κ2) is 11.2. The fourth-order valence-corrected chi connectivity index (χ4v) is 5.26.